The SMILES string of the molecule is CC(=O)N[C@@H]1CC=C(C(=O)O)O[C@H]1[C@H](O)[C@H](O)CO. The largest absolute Gasteiger partial charge is 0.478 e. The zero-order valence-electron chi connectivity index (χ0n) is 10.3. The lowest BCUT2D eigenvalue weighted by atomic mass is 9.96. The molecule has 1 aliphatic heterocycles. The van der Waals surface area contributed by atoms with Gasteiger partial charge in [-0.25, -0.2) is 4.79 Å². The van der Waals surface area contributed by atoms with Crippen molar-refractivity contribution < 1.29 is 34.8 Å². The molecule has 8 heteroatoms. The van der Waals surface area contributed by atoms with E-state index in [1.807, 2.05) is 0 Å². The van der Waals surface area contributed by atoms with Crippen molar-refractivity contribution in [1.29, 1.82) is 0 Å². The molecular weight excluding hydrogens is 258 g/mol. The van der Waals surface area contributed by atoms with Gasteiger partial charge in [0.2, 0.25) is 11.7 Å². The Hall–Kier alpha value is -1.64. The first-order chi connectivity index (χ1) is 8.86. The first-order valence-corrected chi connectivity index (χ1v) is 5.71. The van der Waals surface area contributed by atoms with Gasteiger partial charge in [0.05, 0.1) is 12.6 Å². The summed E-state index contributed by atoms with van der Waals surface area (Å²) in [5.74, 6) is -2.05. The number of carboxylic acid groups (broad SMARTS) is 1. The summed E-state index contributed by atoms with van der Waals surface area (Å²) in [5, 5.41) is 39.3. The number of hydrogen-bond donors (Lipinski definition) is 5. The van der Waals surface area contributed by atoms with E-state index in [4.69, 9.17) is 14.9 Å². The number of carbonyl (C=O) groups is 2. The van der Waals surface area contributed by atoms with Gasteiger partial charge in [0.15, 0.2) is 0 Å². The van der Waals surface area contributed by atoms with Crippen molar-refractivity contribution >= 4 is 11.9 Å². The normalized spacial score (nSPS) is 25.8. The van der Waals surface area contributed by atoms with E-state index >= 15 is 0 Å². The molecule has 0 saturated carbocycles. The van der Waals surface area contributed by atoms with Crippen molar-refractivity contribution in [2.24, 2.45) is 0 Å². The van der Waals surface area contributed by atoms with Crippen LogP contribution in [-0.4, -0.2) is 63.3 Å². The summed E-state index contributed by atoms with van der Waals surface area (Å²) >= 11 is 0. The van der Waals surface area contributed by atoms with Crippen molar-refractivity contribution in [2.75, 3.05) is 6.61 Å². The molecular formula is C11H17NO7. The summed E-state index contributed by atoms with van der Waals surface area (Å²) in [5.41, 5.74) is 0. The first kappa shape index (κ1) is 15.4. The van der Waals surface area contributed by atoms with E-state index in [1.165, 1.54) is 13.0 Å². The van der Waals surface area contributed by atoms with Crippen molar-refractivity contribution in [2.45, 2.75) is 37.7 Å². The summed E-state index contributed by atoms with van der Waals surface area (Å²) in [6.07, 6.45) is -2.75. The zero-order valence-corrected chi connectivity index (χ0v) is 10.3. The Morgan fingerprint density at radius 1 is 1.53 bits per heavy atom. The molecule has 0 aromatic heterocycles. The molecule has 0 saturated heterocycles. The van der Waals surface area contributed by atoms with E-state index in [0.717, 1.165) is 0 Å². The molecule has 4 atom stereocenters. The lowest BCUT2D eigenvalue weighted by Gasteiger charge is -2.35. The third-order valence-electron chi connectivity index (χ3n) is 2.73. The van der Waals surface area contributed by atoms with Crippen LogP contribution in [0.25, 0.3) is 0 Å². The number of rotatable bonds is 5. The first-order valence-electron chi connectivity index (χ1n) is 5.71. The molecule has 0 radical (unpaired) electrons. The molecule has 0 aromatic carbocycles. The van der Waals surface area contributed by atoms with Crippen LogP contribution in [0, 0.1) is 0 Å². The number of hydrogen-bond acceptors (Lipinski definition) is 6. The highest BCUT2D eigenvalue weighted by atomic mass is 16.5. The molecule has 0 aromatic rings. The van der Waals surface area contributed by atoms with Gasteiger partial charge in [0, 0.05) is 6.92 Å². The highest BCUT2D eigenvalue weighted by Gasteiger charge is 2.38. The van der Waals surface area contributed by atoms with Gasteiger partial charge < -0.3 is 30.5 Å². The molecule has 1 aliphatic rings. The van der Waals surface area contributed by atoms with Gasteiger partial charge >= 0.3 is 5.97 Å². The number of nitrogens with one attached hydrogen (secondary N) is 1. The van der Waals surface area contributed by atoms with Gasteiger partial charge in [-0.15, -0.1) is 0 Å². The van der Waals surface area contributed by atoms with Crippen LogP contribution in [0.4, 0.5) is 0 Å². The minimum absolute atomic E-state index is 0.140. The van der Waals surface area contributed by atoms with Crippen molar-refractivity contribution in [1.82, 2.24) is 5.32 Å². The fraction of sp³-hybridized carbons (Fsp3) is 0.636. The van der Waals surface area contributed by atoms with E-state index in [9.17, 15) is 19.8 Å². The molecule has 1 rings (SSSR count). The Bertz CT molecular complexity index is 381. The summed E-state index contributed by atoms with van der Waals surface area (Å²) in [7, 11) is 0. The van der Waals surface area contributed by atoms with Gasteiger partial charge in [-0.05, 0) is 12.5 Å². The minimum atomic E-state index is -1.52. The number of carboxylic acids is 1. The van der Waals surface area contributed by atoms with Crippen LogP contribution < -0.4 is 5.32 Å². The topological polar surface area (TPSA) is 136 Å². The third-order valence-corrected chi connectivity index (χ3v) is 2.73. The second kappa shape index (κ2) is 6.50. The number of amides is 1. The number of aliphatic hydroxyl groups excluding tert-OH is 3. The molecule has 0 spiro atoms. The number of aliphatic carboxylic acids is 1. The fourth-order valence-electron chi connectivity index (χ4n) is 1.82. The molecule has 8 nitrogen and oxygen atoms in total. The Balaban J connectivity index is 2.89. The standard InChI is InChI=1S/C11H17NO7/c1-5(14)12-6-2-3-8(11(17)18)19-10(6)9(16)7(15)4-13/h3,6-7,9-10,13,15-16H,2,4H2,1H3,(H,12,14)(H,17,18)/t6-,7-,9-,10-/m1/s1. The Morgan fingerprint density at radius 2 is 2.16 bits per heavy atom. The molecule has 5 N–H and O–H groups in total. The van der Waals surface area contributed by atoms with E-state index in [2.05, 4.69) is 5.32 Å². The van der Waals surface area contributed by atoms with E-state index in [-0.39, 0.29) is 18.1 Å². The molecule has 19 heavy (non-hydrogen) atoms. The second-order valence-electron chi connectivity index (χ2n) is 4.24. The Kier molecular flexibility index (Phi) is 5.28. The molecule has 0 bridgehead atoms. The number of ether oxygens (including phenoxy) is 1. The van der Waals surface area contributed by atoms with Crippen LogP contribution in [-0.2, 0) is 14.3 Å². The van der Waals surface area contributed by atoms with Crippen molar-refractivity contribution in [3.8, 4) is 0 Å². The summed E-state index contributed by atoms with van der Waals surface area (Å²) in [6.45, 7) is 0.558. The maximum absolute atomic E-state index is 11.0. The van der Waals surface area contributed by atoms with Gasteiger partial charge in [-0.2, -0.15) is 0 Å². The van der Waals surface area contributed by atoms with E-state index in [1.54, 1.807) is 0 Å². The summed E-state index contributed by atoms with van der Waals surface area (Å²) in [6, 6.07) is -0.684. The zero-order chi connectivity index (χ0) is 14.6. The van der Waals surface area contributed by atoms with Crippen LogP contribution in [0.3, 0.4) is 0 Å². The highest BCUT2D eigenvalue weighted by Crippen LogP contribution is 2.22. The molecule has 0 unspecified atom stereocenters. The van der Waals surface area contributed by atoms with Crippen molar-refractivity contribution in [3.05, 3.63) is 11.8 Å². The van der Waals surface area contributed by atoms with Crippen LogP contribution in [0.1, 0.15) is 13.3 Å². The Morgan fingerprint density at radius 3 is 2.63 bits per heavy atom. The van der Waals surface area contributed by atoms with E-state index < -0.39 is 36.9 Å². The van der Waals surface area contributed by atoms with Crippen LogP contribution in [0.5, 0.6) is 0 Å². The van der Waals surface area contributed by atoms with Crippen LogP contribution >= 0.6 is 0 Å². The van der Waals surface area contributed by atoms with Gasteiger partial charge in [-0.3, -0.25) is 4.79 Å². The molecule has 0 fully saturated rings. The predicted octanol–water partition coefficient (Wildman–Crippen LogP) is -2.04. The predicted molar refractivity (Wildman–Crippen MR) is 61.9 cm³/mol. The van der Waals surface area contributed by atoms with Crippen LogP contribution in [0.15, 0.2) is 11.8 Å². The molecule has 108 valence electrons. The van der Waals surface area contributed by atoms with E-state index in [0.29, 0.717) is 0 Å². The number of carbonyl (C=O) groups excluding carboxylic acids is 1. The van der Waals surface area contributed by atoms with Crippen molar-refractivity contribution in [3.63, 3.8) is 0 Å². The lowest BCUT2D eigenvalue weighted by molar-refractivity contribution is -0.145. The number of aliphatic hydroxyl groups is 3. The molecule has 1 amide bonds. The van der Waals surface area contributed by atoms with Gasteiger partial charge in [0.1, 0.15) is 18.3 Å². The van der Waals surface area contributed by atoms with Crippen LogP contribution in [0.2, 0.25) is 0 Å². The van der Waals surface area contributed by atoms with Gasteiger partial charge in [0.25, 0.3) is 0 Å². The van der Waals surface area contributed by atoms with Gasteiger partial charge in [-0.1, -0.05) is 0 Å². The smallest absolute Gasteiger partial charge is 0.370 e. The molecule has 1 heterocycles. The summed E-state index contributed by atoms with van der Waals surface area (Å²) in [4.78, 5) is 21.9. The second-order valence-corrected chi connectivity index (χ2v) is 4.24. The third kappa shape index (κ3) is 3.91. The monoisotopic (exact) mass is 275 g/mol. The maximum atomic E-state index is 11.0. The minimum Gasteiger partial charge on any atom is -0.478 e. The lowest BCUT2D eigenvalue weighted by Crippen LogP contribution is -2.54. The average molecular weight is 275 g/mol. The molecule has 0 aliphatic carbocycles. The maximum Gasteiger partial charge on any atom is 0.370 e. The fourth-order valence-corrected chi connectivity index (χ4v) is 1.82. The summed E-state index contributed by atoms with van der Waals surface area (Å²) < 4.78 is 5.07. The highest BCUT2D eigenvalue weighted by molar-refractivity contribution is 5.84. The quantitative estimate of drug-likeness (QED) is 0.390. The average Bonchev–Trinajstić information content (AvgIpc) is 2.36. The Labute approximate surface area is 109 Å².